The molecule has 2 N–H and O–H groups in total. The van der Waals surface area contributed by atoms with Crippen molar-refractivity contribution in [3.8, 4) is 0 Å². The molecule has 2 amide bonds. The molecule has 0 saturated heterocycles. The van der Waals surface area contributed by atoms with Crippen molar-refractivity contribution in [2.45, 2.75) is 25.9 Å². The molecule has 0 radical (unpaired) electrons. The van der Waals surface area contributed by atoms with Crippen molar-refractivity contribution >= 4 is 11.8 Å². The van der Waals surface area contributed by atoms with Crippen LogP contribution in [0.3, 0.4) is 0 Å². The lowest BCUT2D eigenvalue weighted by Crippen LogP contribution is -2.28. The van der Waals surface area contributed by atoms with Gasteiger partial charge in [-0.2, -0.15) is 5.10 Å². The molecular weight excluding hydrogens is 352 g/mol. The molecule has 6 nitrogen and oxygen atoms in total. The fourth-order valence-corrected chi connectivity index (χ4v) is 2.98. The van der Waals surface area contributed by atoms with Gasteiger partial charge in [0, 0.05) is 13.1 Å². The number of carbonyl (C=O) groups is 2. The highest BCUT2D eigenvalue weighted by Gasteiger charge is 2.20. The van der Waals surface area contributed by atoms with Crippen molar-refractivity contribution in [3.63, 3.8) is 0 Å². The fourth-order valence-electron chi connectivity index (χ4n) is 2.98. The molecule has 3 rings (SSSR count). The largest absolute Gasteiger partial charge is 0.344 e. The Labute approximate surface area is 164 Å². The molecule has 0 aliphatic carbocycles. The van der Waals surface area contributed by atoms with Gasteiger partial charge < -0.3 is 10.6 Å². The molecule has 0 aliphatic heterocycles. The summed E-state index contributed by atoms with van der Waals surface area (Å²) in [6, 6.07) is 20.6. The molecular formula is C22H24N4O2. The van der Waals surface area contributed by atoms with Crippen molar-refractivity contribution in [1.29, 1.82) is 0 Å². The Morgan fingerprint density at radius 3 is 1.79 bits per heavy atom. The zero-order valence-electron chi connectivity index (χ0n) is 16.2. The van der Waals surface area contributed by atoms with Crippen LogP contribution < -0.4 is 10.6 Å². The molecule has 1 heterocycles. The maximum absolute atomic E-state index is 12.6. The Kier molecular flexibility index (Phi) is 5.89. The van der Waals surface area contributed by atoms with Gasteiger partial charge in [0.05, 0.1) is 12.1 Å². The van der Waals surface area contributed by atoms with E-state index < -0.39 is 0 Å². The third kappa shape index (κ3) is 4.46. The molecule has 144 valence electrons. The molecule has 0 aliphatic rings. The summed E-state index contributed by atoms with van der Waals surface area (Å²) in [4.78, 5) is 25.2. The average molecular weight is 376 g/mol. The number of carbonyl (C=O) groups excluding carboxylic acids is 2. The van der Waals surface area contributed by atoms with Crippen LogP contribution in [-0.2, 0) is 7.05 Å². The van der Waals surface area contributed by atoms with Crippen LogP contribution in [0.2, 0.25) is 0 Å². The number of aryl methyl sites for hydroxylation is 1. The first kappa shape index (κ1) is 19.4. The molecule has 0 bridgehead atoms. The van der Waals surface area contributed by atoms with Gasteiger partial charge in [-0.1, -0.05) is 60.7 Å². The van der Waals surface area contributed by atoms with Gasteiger partial charge >= 0.3 is 0 Å². The summed E-state index contributed by atoms with van der Waals surface area (Å²) >= 11 is 0. The fraction of sp³-hybridized carbons (Fsp3) is 0.227. The summed E-state index contributed by atoms with van der Waals surface area (Å²) in [5, 5.41) is 10.1. The maximum Gasteiger partial charge on any atom is 0.272 e. The van der Waals surface area contributed by atoms with Gasteiger partial charge in [-0.25, -0.2) is 0 Å². The van der Waals surface area contributed by atoms with E-state index in [0.29, 0.717) is 5.69 Å². The minimum Gasteiger partial charge on any atom is -0.344 e. The standard InChI is InChI=1S/C22H24N4O2/c1-15(17-10-6-4-7-11-17)23-21(27)19-14-20(26(3)25-19)22(28)24-16(2)18-12-8-5-9-13-18/h4-16H,1-3H3,(H,23,27)(H,24,28). The van der Waals surface area contributed by atoms with Crippen molar-refractivity contribution in [3.05, 3.63) is 89.2 Å². The van der Waals surface area contributed by atoms with Gasteiger partial charge in [0.25, 0.3) is 11.8 Å². The molecule has 3 aromatic rings. The number of hydrogen-bond acceptors (Lipinski definition) is 3. The van der Waals surface area contributed by atoms with E-state index >= 15 is 0 Å². The monoisotopic (exact) mass is 376 g/mol. The number of hydrogen-bond donors (Lipinski definition) is 2. The normalized spacial score (nSPS) is 12.8. The van der Waals surface area contributed by atoms with Crippen LogP contribution >= 0.6 is 0 Å². The summed E-state index contributed by atoms with van der Waals surface area (Å²) < 4.78 is 1.43. The summed E-state index contributed by atoms with van der Waals surface area (Å²) in [5.41, 5.74) is 2.55. The van der Waals surface area contributed by atoms with E-state index in [1.165, 1.54) is 10.7 Å². The molecule has 2 atom stereocenters. The van der Waals surface area contributed by atoms with Crippen LogP contribution in [0.5, 0.6) is 0 Å². The molecule has 0 spiro atoms. The zero-order valence-corrected chi connectivity index (χ0v) is 16.2. The number of amides is 2. The van der Waals surface area contributed by atoms with Gasteiger partial charge in [-0.05, 0) is 25.0 Å². The first-order valence-electron chi connectivity index (χ1n) is 9.21. The van der Waals surface area contributed by atoms with E-state index in [2.05, 4.69) is 15.7 Å². The Hall–Kier alpha value is -3.41. The Bertz CT molecular complexity index is 951. The van der Waals surface area contributed by atoms with Crippen molar-refractivity contribution in [2.24, 2.45) is 7.05 Å². The molecule has 2 aromatic carbocycles. The van der Waals surface area contributed by atoms with Crippen molar-refractivity contribution < 1.29 is 9.59 Å². The second-order valence-corrected chi connectivity index (χ2v) is 6.75. The highest BCUT2D eigenvalue weighted by Crippen LogP contribution is 2.14. The third-order valence-corrected chi connectivity index (χ3v) is 4.64. The lowest BCUT2D eigenvalue weighted by molar-refractivity contribution is 0.0924. The van der Waals surface area contributed by atoms with E-state index in [1.807, 2.05) is 74.5 Å². The summed E-state index contributed by atoms with van der Waals surface area (Å²) in [6.07, 6.45) is 0. The SMILES string of the molecule is CC(NC(=O)c1cc(C(=O)NC(C)c2ccccc2)n(C)n1)c1ccccc1. The van der Waals surface area contributed by atoms with Crippen LogP contribution in [0, 0.1) is 0 Å². The smallest absolute Gasteiger partial charge is 0.272 e. The van der Waals surface area contributed by atoms with E-state index in [1.54, 1.807) is 7.05 Å². The van der Waals surface area contributed by atoms with Crippen molar-refractivity contribution in [1.82, 2.24) is 20.4 Å². The van der Waals surface area contributed by atoms with Crippen molar-refractivity contribution in [2.75, 3.05) is 0 Å². The van der Waals surface area contributed by atoms with Gasteiger partial charge in [-0.15, -0.1) is 0 Å². The van der Waals surface area contributed by atoms with Crippen LogP contribution in [-0.4, -0.2) is 21.6 Å². The molecule has 1 aromatic heterocycles. The summed E-state index contributed by atoms with van der Waals surface area (Å²) in [6.45, 7) is 3.82. The highest BCUT2D eigenvalue weighted by molar-refractivity contribution is 5.98. The lowest BCUT2D eigenvalue weighted by Gasteiger charge is -2.14. The molecule has 0 fully saturated rings. The predicted octanol–water partition coefficient (Wildman–Crippen LogP) is 3.40. The number of benzene rings is 2. The van der Waals surface area contributed by atoms with Crippen LogP contribution in [0.1, 0.15) is 58.0 Å². The number of rotatable bonds is 6. The third-order valence-electron chi connectivity index (χ3n) is 4.64. The topological polar surface area (TPSA) is 76.0 Å². The lowest BCUT2D eigenvalue weighted by atomic mass is 10.1. The second-order valence-electron chi connectivity index (χ2n) is 6.75. The minimum absolute atomic E-state index is 0.154. The first-order valence-corrected chi connectivity index (χ1v) is 9.21. The van der Waals surface area contributed by atoms with Crippen LogP contribution in [0.25, 0.3) is 0 Å². The van der Waals surface area contributed by atoms with Gasteiger partial charge in [0.2, 0.25) is 0 Å². The Morgan fingerprint density at radius 1 is 0.821 bits per heavy atom. The quantitative estimate of drug-likeness (QED) is 0.692. The summed E-state index contributed by atoms with van der Waals surface area (Å²) in [5.74, 6) is -0.594. The number of aromatic nitrogens is 2. The number of nitrogens with zero attached hydrogens (tertiary/aromatic N) is 2. The van der Waals surface area contributed by atoms with E-state index in [4.69, 9.17) is 0 Å². The molecule has 0 saturated carbocycles. The van der Waals surface area contributed by atoms with Gasteiger partial charge in [0.15, 0.2) is 5.69 Å². The van der Waals surface area contributed by atoms with E-state index in [9.17, 15) is 9.59 Å². The molecule has 6 heteroatoms. The predicted molar refractivity (Wildman–Crippen MR) is 108 cm³/mol. The van der Waals surface area contributed by atoms with Crippen LogP contribution in [0.4, 0.5) is 0 Å². The summed E-state index contributed by atoms with van der Waals surface area (Å²) in [7, 11) is 1.65. The highest BCUT2D eigenvalue weighted by atomic mass is 16.2. The minimum atomic E-state index is -0.317. The van der Waals surface area contributed by atoms with Crippen LogP contribution in [0.15, 0.2) is 66.7 Å². The maximum atomic E-state index is 12.6. The Balaban J connectivity index is 1.68. The van der Waals surface area contributed by atoms with E-state index in [0.717, 1.165) is 11.1 Å². The van der Waals surface area contributed by atoms with Gasteiger partial charge in [-0.3, -0.25) is 14.3 Å². The zero-order chi connectivity index (χ0) is 20.1. The molecule has 28 heavy (non-hydrogen) atoms. The van der Waals surface area contributed by atoms with E-state index in [-0.39, 0.29) is 29.6 Å². The van der Waals surface area contributed by atoms with Gasteiger partial charge in [0.1, 0.15) is 5.69 Å². The average Bonchev–Trinajstić information content (AvgIpc) is 3.11. The Morgan fingerprint density at radius 2 is 1.29 bits per heavy atom. The molecule has 2 unspecified atom stereocenters. The number of nitrogens with one attached hydrogen (secondary N) is 2. The first-order chi connectivity index (χ1) is 13.5. The second kappa shape index (κ2) is 8.52.